The molecular formula is C20H22O9. The summed E-state index contributed by atoms with van der Waals surface area (Å²) in [5, 5.41) is 68.5. The maximum absolute atomic E-state index is 10.2. The van der Waals surface area contributed by atoms with E-state index in [1.165, 1.54) is 24.3 Å². The van der Waals surface area contributed by atoms with E-state index in [1.54, 1.807) is 18.2 Å². The van der Waals surface area contributed by atoms with Crippen molar-refractivity contribution in [3.63, 3.8) is 0 Å². The average molecular weight is 406 g/mol. The van der Waals surface area contributed by atoms with Crippen LogP contribution in [0.5, 0.6) is 23.0 Å². The molecule has 0 spiro atoms. The Morgan fingerprint density at radius 3 is 2.21 bits per heavy atom. The third-order valence-corrected chi connectivity index (χ3v) is 4.51. The van der Waals surface area contributed by atoms with E-state index in [-0.39, 0.29) is 22.8 Å². The summed E-state index contributed by atoms with van der Waals surface area (Å²) in [4.78, 5) is 0. The highest BCUT2D eigenvalue weighted by Crippen LogP contribution is 2.38. The second-order valence-electron chi connectivity index (χ2n) is 6.62. The highest BCUT2D eigenvalue weighted by molar-refractivity contribution is 5.75. The third-order valence-electron chi connectivity index (χ3n) is 4.51. The fourth-order valence-electron chi connectivity index (χ4n) is 2.92. The number of phenols is 3. The summed E-state index contributed by atoms with van der Waals surface area (Å²) in [7, 11) is 0. The van der Waals surface area contributed by atoms with Crippen molar-refractivity contribution >= 4 is 12.2 Å². The smallest absolute Gasteiger partial charge is 0.229 e. The van der Waals surface area contributed by atoms with Crippen LogP contribution in [0.25, 0.3) is 12.2 Å². The molecule has 0 amide bonds. The zero-order valence-electron chi connectivity index (χ0n) is 15.2. The molecule has 0 aliphatic carbocycles. The van der Waals surface area contributed by atoms with Crippen LogP contribution in [0.2, 0.25) is 0 Å². The van der Waals surface area contributed by atoms with E-state index in [0.717, 1.165) is 6.07 Å². The first-order chi connectivity index (χ1) is 13.8. The van der Waals surface area contributed by atoms with Gasteiger partial charge in [-0.2, -0.15) is 0 Å². The molecule has 3 rings (SSSR count). The molecule has 1 aliphatic heterocycles. The van der Waals surface area contributed by atoms with Gasteiger partial charge in [0, 0.05) is 11.6 Å². The predicted molar refractivity (Wildman–Crippen MR) is 101 cm³/mol. The summed E-state index contributed by atoms with van der Waals surface area (Å²) in [5.74, 6) is -0.743. The molecular weight excluding hydrogens is 384 g/mol. The molecule has 2 aromatic rings. The Labute approximate surface area is 165 Å². The quantitative estimate of drug-likeness (QED) is 0.343. The molecule has 29 heavy (non-hydrogen) atoms. The van der Waals surface area contributed by atoms with Crippen LogP contribution in [0.15, 0.2) is 36.4 Å². The molecule has 1 fully saturated rings. The maximum atomic E-state index is 10.2. The number of hydrogen-bond donors (Lipinski definition) is 7. The van der Waals surface area contributed by atoms with Crippen molar-refractivity contribution in [1.82, 2.24) is 0 Å². The summed E-state index contributed by atoms with van der Waals surface area (Å²) in [6.07, 6.45) is -4.36. The average Bonchev–Trinajstić information content (AvgIpc) is 2.69. The molecule has 7 N–H and O–H groups in total. The Bertz CT molecular complexity index is 863. The summed E-state index contributed by atoms with van der Waals surface area (Å²) in [6, 6.07) is 8.60. The lowest BCUT2D eigenvalue weighted by atomic mass is 9.99. The van der Waals surface area contributed by atoms with Crippen LogP contribution in [0, 0.1) is 0 Å². The van der Waals surface area contributed by atoms with Crippen LogP contribution in [-0.2, 0) is 4.74 Å². The number of rotatable bonds is 5. The van der Waals surface area contributed by atoms with Gasteiger partial charge in [-0.3, -0.25) is 0 Å². The Kier molecular flexibility index (Phi) is 6.26. The van der Waals surface area contributed by atoms with Crippen LogP contribution in [-0.4, -0.2) is 73.1 Å². The number of aliphatic hydroxyl groups excluding tert-OH is 4. The van der Waals surface area contributed by atoms with Crippen LogP contribution in [0.4, 0.5) is 0 Å². The first-order valence-electron chi connectivity index (χ1n) is 8.80. The fraction of sp³-hybridized carbons (Fsp3) is 0.300. The van der Waals surface area contributed by atoms with Gasteiger partial charge in [-0.15, -0.1) is 0 Å². The molecule has 1 aliphatic rings. The number of phenolic OH excluding ortho intramolecular Hbond substituents is 3. The SMILES string of the molecule is OC[C@@H]1O[C@@H](Oc2c(O)cc(O)cc2/C=C/c2ccc(O)cc2)[C@@H](O)[C@H](O)[C@H]1O. The van der Waals surface area contributed by atoms with Gasteiger partial charge < -0.3 is 45.2 Å². The van der Waals surface area contributed by atoms with Gasteiger partial charge in [-0.1, -0.05) is 24.3 Å². The lowest BCUT2D eigenvalue weighted by molar-refractivity contribution is -0.277. The summed E-state index contributed by atoms with van der Waals surface area (Å²) < 4.78 is 10.8. The van der Waals surface area contributed by atoms with E-state index in [4.69, 9.17) is 9.47 Å². The number of ether oxygens (including phenoxy) is 2. The van der Waals surface area contributed by atoms with Gasteiger partial charge in [-0.25, -0.2) is 0 Å². The maximum Gasteiger partial charge on any atom is 0.229 e. The molecule has 0 unspecified atom stereocenters. The summed E-state index contributed by atoms with van der Waals surface area (Å²) >= 11 is 0. The van der Waals surface area contributed by atoms with Gasteiger partial charge in [-0.05, 0) is 23.8 Å². The Balaban J connectivity index is 1.89. The van der Waals surface area contributed by atoms with E-state index in [9.17, 15) is 35.7 Å². The van der Waals surface area contributed by atoms with Crippen molar-refractivity contribution in [2.24, 2.45) is 0 Å². The molecule has 9 nitrogen and oxygen atoms in total. The first kappa shape index (κ1) is 20.9. The Morgan fingerprint density at radius 1 is 0.862 bits per heavy atom. The molecule has 0 saturated carbocycles. The van der Waals surface area contributed by atoms with Crippen LogP contribution >= 0.6 is 0 Å². The number of aliphatic hydroxyl groups is 4. The largest absolute Gasteiger partial charge is 0.508 e. The summed E-state index contributed by atoms with van der Waals surface area (Å²) in [6.45, 7) is -0.625. The van der Waals surface area contributed by atoms with E-state index >= 15 is 0 Å². The third kappa shape index (κ3) is 4.61. The van der Waals surface area contributed by atoms with Crippen molar-refractivity contribution in [3.8, 4) is 23.0 Å². The predicted octanol–water partition coefficient (Wildman–Crippen LogP) is 0.152. The van der Waals surface area contributed by atoms with Crippen molar-refractivity contribution in [2.45, 2.75) is 30.7 Å². The molecule has 0 radical (unpaired) electrons. The molecule has 1 heterocycles. The second kappa shape index (κ2) is 8.68. The van der Waals surface area contributed by atoms with Gasteiger partial charge in [0.25, 0.3) is 0 Å². The number of hydrogen-bond acceptors (Lipinski definition) is 9. The topological polar surface area (TPSA) is 160 Å². The van der Waals surface area contributed by atoms with E-state index in [0.29, 0.717) is 5.56 Å². The van der Waals surface area contributed by atoms with E-state index < -0.39 is 43.1 Å². The zero-order valence-corrected chi connectivity index (χ0v) is 15.2. The molecule has 0 bridgehead atoms. The molecule has 1 saturated heterocycles. The van der Waals surface area contributed by atoms with Gasteiger partial charge in [0.05, 0.1) is 6.61 Å². The van der Waals surface area contributed by atoms with Crippen molar-refractivity contribution in [1.29, 1.82) is 0 Å². The van der Waals surface area contributed by atoms with E-state index in [1.807, 2.05) is 0 Å². The molecule has 2 aromatic carbocycles. The minimum atomic E-state index is -1.66. The fourth-order valence-corrected chi connectivity index (χ4v) is 2.92. The molecule has 0 aromatic heterocycles. The summed E-state index contributed by atoms with van der Waals surface area (Å²) in [5.41, 5.74) is 0.942. The minimum Gasteiger partial charge on any atom is -0.508 e. The number of aromatic hydroxyl groups is 3. The van der Waals surface area contributed by atoms with Gasteiger partial charge in [0.1, 0.15) is 35.9 Å². The van der Waals surface area contributed by atoms with Gasteiger partial charge >= 0.3 is 0 Å². The molecule has 5 atom stereocenters. The Morgan fingerprint density at radius 2 is 1.55 bits per heavy atom. The monoisotopic (exact) mass is 406 g/mol. The highest BCUT2D eigenvalue weighted by Gasteiger charge is 2.45. The van der Waals surface area contributed by atoms with Crippen LogP contribution < -0.4 is 4.74 Å². The van der Waals surface area contributed by atoms with Crippen LogP contribution in [0.1, 0.15) is 11.1 Å². The van der Waals surface area contributed by atoms with Crippen LogP contribution in [0.3, 0.4) is 0 Å². The molecule has 9 heteroatoms. The van der Waals surface area contributed by atoms with Gasteiger partial charge in [0.15, 0.2) is 11.5 Å². The zero-order chi connectivity index (χ0) is 21.1. The minimum absolute atomic E-state index is 0.101. The normalized spacial score (nSPS) is 27.2. The van der Waals surface area contributed by atoms with Crippen molar-refractivity contribution < 1.29 is 45.2 Å². The number of benzene rings is 2. The van der Waals surface area contributed by atoms with Crippen molar-refractivity contribution in [3.05, 3.63) is 47.5 Å². The Hall–Kier alpha value is -2.82. The van der Waals surface area contributed by atoms with Crippen molar-refractivity contribution in [2.75, 3.05) is 6.61 Å². The lowest BCUT2D eigenvalue weighted by Crippen LogP contribution is -2.60. The highest BCUT2D eigenvalue weighted by atomic mass is 16.7. The lowest BCUT2D eigenvalue weighted by Gasteiger charge is -2.39. The van der Waals surface area contributed by atoms with Gasteiger partial charge in [0.2, 0.25) is 6.29 Å². The standard InChI is InChI=1S/C20H22O9/c21-9-15-16(25)17(26)18(27)20(28-15)29-19-11(7-13(23)8-14(19)24)4-1-10-2-5-12(22)6-3-10/h1-8,15-18,20-27H,9H2/b4-1+/t15-,16-,17+,18-,20-/m0/s1. The van der Waals surface area contributed by atoms with E-state index in [2.05, 4.69) is 0 Å². The second-order valence-corrected chi connectivity index (χ2v) is 6.62. The molecule has 156 valence electrons. The first-order valence-corrected chi connectivity index (χ1v) is 8.80.